The molecule has 1 atom stereocenters. The van der Waals surface area contributed by atoms with E-state index in [9.17, 15) is 15.0 Å². The van der Waals surface area contributed by atoms with Gasteiger partial charge in [0.1, 0.15) is 17.5 Å². The Morgan fingerprint density at radius 3 is 2.40 bits per heavy atom. The average molecular weight is 544 g/mol. The number of hydrogen-bond acceptors (Lipinski definition) is 5. The van der Waals surface area contributed by atoms with Crippen molar-refractivity contribution >= 4 is 37.8 Å². The molecule has 164 valence electrons. The van der Waals surface area contributed by atoms with E-state index < -0.39 is 12.0 Å². The van der Waals surface area contributed by atoms with Crippen molar-refractivity contribution in [2.24, 2.45) is 5.73 Å². The predicted molar refractivity (Wildman–Crippen MR) is 125 cm³/mol. The Hall–Kier alpha value is -1.61. The van der Waals surface area contributed by atoms with Crippen LogP contribution in [-0.2, 0) is 11.3 Å². The number of aromatic hydroxyl groups is 1. The Morgan fingerprint density at radius 1 is 1.17 bits per heavy atom. The van der Waals surface area contributed by atoms with Crippen LogP contribution in [0.15, 0.2) is 39.3 Å². The fraction of sp³-hybridized carbons (Fsp3) is 0.409. The van der Waals surface area contributed by atoms with Gasteiger partial charge in [-0.05, 0) is 93.1 Å². The maximum absolute atomic E-state index is 11.5. The number of carbonyl (C=O) groups is 1. The molecule has 0 fully saturated rings. The highest BCUT2D eigenvalue weighted by Crippen LogP contribution is 2.39. The number of ether oxygens (including phenoxy) is 1. The van der Waals surface area contributed by atoms with E-state index in [1.807, 2.05) is 32.0 Å². The normalized spacial score (nSPS) is 12.2. The number of phenolic OH excluding ortho intramolecular Hbond substituents is 1. The van der Waals surface area contributed by atoms with Gasteiger partial charge in [0, 0.05) is 12.1 Å². The highest BCUT2D eigenvalue weighted by Gasteiger charge is 2.17. The van der Waals surface area contributed by atoms with Crippen LogP contribution in [0, 0.1) is 0 Å². The van der Waals surface area contributed by atoms with Crippen molar-refractivity contribution < 1.29 is 19.7 Å². The zero-order chi connectivity index (χ0) is 22.3. The van der Waals surface area contributed by atoms with Gasteiger partial charge >= 0.3 is 5.97 Å². The summed E-state index contributed by atoms with van der Waals surface area (Å²) in [6, 6.07) is 8.35. The quantitative estimate of drug-likeness (QED) is 0.279. The van der Waals surface area contributed by atoms with Gasteiger partial charge in [-0.1, -0.05) is 20.3 Å². The second-order valence-corrected chi connectivity index (χ2v) is 9.13. The van der Waals surface area contributed by atoms with Crippen molar-refractivity contribution in [2.75, 3.05) is 6.54 Å². The molecule has 5 N–H and O–H groups in total. The SMILES string of the molecule is CC(C)c1cc(Oc2c(Br)cc(CNC(CCCCN)C(=O)O)cc2Br)ccc1O. The van der Waals surface area contributed by atoms with Crippen LogP contribution >= 0.6 is 31.9 Å². The first-order valence-electron chi connectivity index (χ1n) is 9.87. The van der Waals surface area contributed by atoms with E-state index in [-0.39, 0.29) is 11.7 Å². The fourth-order valence-corrected chi connectivity index (χ4v) is 4.48. The lowest BCUT2D eigenvalue weighted by molar-refractivity contribution is -0.139. The van der Waals surface area contributed by atoms with Gasteiger partial charge in [0.15, 0.2) is 5.75 Å². The van der Waals surface area contributed by atoms with Gasteiger partial charge in [0.05, 0.1) is 8.95 Å². The van der Waals surface area contributed by atoms with E-state index in [0.29, 0.717) is 31.0 Å². The lowest BCUT2D eigenvalue weighted by Gasteiger charge is -2.17. The van der Waals surface area contributed by atoms with Gasteiger partial charge < -0.3 is 26.0 Å². The van der Waals surface area contributed by atoms with E-state index in [1.54, 1.807) is 12.1 Å². The lowest BCUT2D eigenvalue weighted by atomic mass is 10.0. The Morgan fingerprint density at radius 2 is 1.83 bits per heavy atom. The van der Waals surface area contributed by atoms with Gasteiger partial charge in [-0.2, -0.15) is 0 Å². The van der Waals surface area contributed by atoms with Crippen molar-refractivity contribution in [3.05, 3.63) is 50.4 Å². The van der Waals surface area contributed by atoms with Crippen LogP contribution < -0.4 is 15.8 Å². The Balaban J connectivity index is 2.11. The number of nitrogens with two attached hydrogens (primary N) is 1. The number of hydrogen-bond donors (Lipinski definition) is 4. The monoisotopic (exact) mass is 542 g/mol. The van der Waals surface area contributed by atoms with Crippen LogP contribution in [0.3, 0.4) is 0 Å². The topological polar surface area (TPSA) is 105 Å². The predicted octanol–water partition coefficient (Wildman–Crippen LogP) is 5.50. The van der Waals surface area contributed by atoms with Crippen molar-refractivity contribution in [3.8, 4) is 17.2 Å². The van der Waals surface area contributed by atoms with E-state index in [1.165, 1.54) is 0 Å². The zero-order valence-corrected chi connectivity index (χ0v) is 20.3. The minimum atomic E-state index is -0.863. The summed E-state index contributed by atoms with van der Waals surface area (Å²) in [7, 11) is 0. The molecule has 0 amide bonds. The summed E-state index contributed by atoms with van der Waals surface area (Å²) in [5, 5.41) is 22.5. The van der Waals surface area contributed by atoms with Gasteiger partial charge in [-0.3, -0.25) is 4.79 Å². The minimum Gasteiger partial charge on any atom is -0.508 e. The first-order valence-corrected chi connectivity index (χ1v) is 11.5. The van der Waals surface area contributed by atoms with Crippen molar-refractivity contribution in [1.82, 2.24) is 5.32 Å². The maximum Gasteiger partial charge on any atom is 0.320 e. The smallest absolute Gasteiger partial charge is 0.320 e. The molecule has 0 aliphatic heterocycles. The molecular formula is C22H28Br2N2O4. The fourth-order valence-electron chi connectivity index (χ4n) is 3.04. The van der Waals surface area contributed by atoms with Crippen LogP contribution in [0.4, 0.5) is 0 Å². The van der Waals surface area contributed by atoms with Gasteiger partial charge in [0.2, 0.25) is 0 Å². The minimum absolute atomic E-state index is 0.168. The molecule has 30 heavy (non-hydrogen) atoms. The number of carboxylic acids is 1. The van der Waals surface area contributed by atoms with E-state index >= 15 is 0 Å². The van der Waals surface area contributed by atoms with E-state index in [0.717, 1.165) is 32.9 Å². The molecular weight excluding hydrogens is 516 g/mol. The third-order valence-corrected chi connectivity index (χ3v) is 5.87. The molecule has 0 bridgehead atoms. The summed E-state index contributed by atoms with van der Waals surface area (Å²) in [6.45, 7) is 4.99. The largest absolute Gasteiger partial charge is 0.508 e. The van der Waals surface area contributed by atoms with Gasteiger partial charge in [0.25, 0.3) is 0 Å². The van der Waals surface area contributed by atoms with Crippen LogP contribution in [0.1, 0.15) is 50.2 Å². The van der Waals surface area contributed by atoms with Crippen molar-refractivity contribution in [2.45, 2.75) is 51.6 Å². The summed E-state index contributed by atoms with van der Waals surface area (Å²) < 4.78 is 7.52. The summed E-state index contributed by atoms with van der Waals surface area (Å²) in [4.78, 5) is 11.5. The molecule has 2 aromatic rings. The molecule has 0 saturated carbocycles. The van der Waals surface area contributed by atoms with Gasteiger partial charge in [-0.25, -0.2) is 0 Å². The molecule has 2 aromatic carbocycles. The summed E-state index contributed by atoms with van der Waals surface area (Å²) in [6.07, 6.45) is 2.12. The number of benzene rings is 2. The Labute approximate surface area is 194 Å². The third kappa shape index (κ3) is 6.97. The van der Waals surface area contributed by atoms with E-state index in [2.05, 4.69) is 37.2 Å². The second-order valence-electron chi connectivity index (χ2n) is 7.42. The van der Waals surface area contributed by atoms with Crippen LogP contribution in [0.25, 0.3) is 0 Å². The first-order chi connectivity index (χ1) is 14.2. The molecule has 0 spiro atoms. The zero-order valence-electron chi connectivity index (χ0n) is 17.1. The molecule has 8 heteroatoms. The highest BCUT2D eigenvalue weighted by atomic mass is 79.9. The molecule has 1 unspecified atom stereocenters. The summed E-state index contributed by atoms with van der Waals surface area (Å²) in [5.41, 5.74) is 7.22. The molecule has 0 heterocycles. The number of carboxylic acid groups (broad SMARTS) is 1. The maximum atomic E-state index is 11.5. The van der Waals surface area contributed by atoms with Crippen LogP contribution in [0.2, 0.25) is 0 Å². The standard InChI is InChI=1S/C22H28Br2N2O4/c1-13(2)16-11-15(6-7-20(16)27)30-21-17(23)9-14(10-18(21)24)12-26-19(22(28)29)5-3-4-8-25/h6-7,9-11,13,19,26-27H,3-5,8,12,25H2,1-2H3,(H,28,29). The Bertz CT molecular complexity index is 851. The third-order valence-electron chi connectivity index (χ3n) is 4.70. The number of phenols is 1. The first kappa shape index (κ1) is 24.7. The molecule has 0 saturated heterocycles. The summed E-state index contributed by atoms with van der Waals surface area (Å²) in [5.74, 6) is 0.780. The van der Waals surface area contributed by atoms with Crippen molar-refractivity contribution in [3.63, 3.8) is 0 Å². The van der Waals surface area contributed by atoms with Crippen molar-refractivity contribution in [1.29, 1.82) is 0 Å². The number of unbranched alkanes of at least 4 members (excludes halogenated alkanes) is 1. The molecule has 0 aliphatic carbocycles. The van der Waals surface area contributed by atoms with Gasteiger partial charge in [-0.15, -0.1) is 0 Å². The average Bonchev–Trinajstić information content (AvgIpc) is 2.68. The summed E-state index contributed by atoms with van der Waals surface area (Å²) >= 11 is 7.08. The van der Waals surface area contributed by atoms with Crippen LogP contribution in [-0.4, -0.2) is 28.8 Å². The molecule has 0 radical (unpaired) electrons. The molecule has 2 rings (SSSR count). The van der Waals surface area contributed by atoms with E-state index in [4.69, 9.17) is 10.5 Å². The number of rotatable bonds is 11. The molecule has 0 aliphatic rings. The number of aliphatic carboxylic acids is 1. The molecule has 6 nitrogen and oxygen atoms in total. The molecule has 0 aromatic heterocycles. The second kappa shape index (κ2) is 11.7. The number of halogens is 2. The Kier molecular flexibility index (Phi) is 9.61. The highest BCUT2D eigenvalue weighted by molar-refractivity contribution is 9.11. The van der Waals surface area contributed by atoms with Crippen LogP contribution in [0.5, 0.6) is 17.2 Å². The number of nitrogens with one attached hydrogen (secondary N) is 1. The lowest BCUT2D eigenvalue weighted by Crippen LogP contribution is -2.36.